The van der Waals surface area contributed by atoms with Crippen molar-refractivity contribution in [2.45, 2.75) is 4.90 Å². The first-order valence-corrected chi connectivity index (χ1v) is 10.4. The molecule has 0 amide bonds. The molecule has 29 heavy (non-hydrogen) atoms. The summed E-state index contributed by atoms with van der Waals surface area (Å²) >= 11 is 2.98. The predicted molar refractivity (Wildman–Crippen MR) is 115 cm³/mol. The lowest BCUT2D eigenvalue weighted by molar-refractivity contribution is -0.140. The van der Waals surface area contributed by atoms with Crippen LogP contribution in [0.1, 0.15) is 5.69 Å². The molecule has 148 valence electrons. The minimum absolute atomic E-state index is 0.0352. The minimum atomic E-state index is -0.369. The third-order valence-corrected chi connectivity index (χ3v) is 7.06. The molecule has 0 bridgehead atoms. The van der Waals surface area contributed by atoms with Crippen LogP contribution in [0.2, 0.25) is 0 Å². The van der Waals surface area contributed by atoms with Gasteiger partial charge in [0.2, 0.25) is 0 Å². The van der Waals surface area contributed by atoms with Gasteiger partial charge in [0.1, 0.15) is 12.4 Å². The number of para-hydroxylation sites is 1. The molecule has 0 N–H and O–H groups in total. The number of halogens is 1. The van der Waals surface area contributed by atoms with Gasteiger partial charge in [0.25, 0.3) is 0 Å². The molecule has 1 saturated heterocycles. The first-order chi connectivity index (χ1) is 14.0. The Morgan fingerprint density at radius 3 is 2.79 bits per heavy atom. The predicted octanol–water partition coefficient (Wildman–Crippen LogP) is 4.67. The summed E-state index contributed by atoms with van der Waals surface area (Å²) in [4.78, 5) is 21.7. The SMILES string of the molecule is C=C1/C(=C2\Sc3cccc(F)c3N2C)S/C(=C\c2ccccn2)N1CC(=O)OC. The highest BCUT2D eigenvalue weighted by Gasteiger charge is 2.36. The Kier molecular flexibility index (Phi) is 5.38. The van der Waals surface area contributed by atoms with Crippen molar-refractivity contribution in [3.05, 3.63) is 81.3 Å². The van der Waals surface area contributed by atoms with E-state index in [-0.39, 0.29) is 18.3 Å². The van der Waals surface area contributed by atoms with Crippen LogP contribution in [0.4, 0.5) is 10.1 Å². The Labute approximate surface area is 176 Å². The molecule has 4 rings (SSSR count). The van der Waals surface area contributed by atoms with Gasteiger partial charge in [-0.3, -0.25) is 9.78 Å². The number of hydrogen-bond donors (Lipinski definition) is 0. The van der Waals surface area contributed by atoms with Crippen LogP contribution in [0, 0.1) is 5.82 Å². The maximum Gasteiger partial charge on any atom is 0.325 e. The number of carbonyl (C=O) groups excluding carboxylic acids is 1. The fourth-order valence-electron chi connectivity index (χ4n) is 3.08. The Morgan fingerprint density at radius 1 is 1.28 bits per heavy atom. The molecular weight excluding hydrogens is 409 g/mol. The van der Waals surface area contributed by atoms with E-state index in [0.29, 0.717) is 11.4 Å². The van der Waals surface area contributed by atoms with Gasteiger partial charge >= 0.3 is 5.97 Å². The fourth-order valence-corrected chi connectivity index (χ4v) is 5.58. The van der Waals surface area contributed by atoms with E-state index in [1.165, 1.54) is 36.7 Å². The average molecular weight is 428 g/mol. The third kappa shape index (κ3) is 3.65. The molecule has 0 atom stereocenters. The van der Waals surface area contributed by atoms with Crippen molar-refractivity contribution in [1.82, 2.24) is 9.88 Å². The summed E-state index contributed by atoms with van der Waals surface area (Å²) in [7, 11) is 3.19. The van der Waals surface area contributed by atoms with Crippen LogP contribution in [0.5, 0.6) is 0 Å². The Morgan fingerprint density at radius 2 is 2.10 bits per heavy atom. The van der Waals surface area contributed by atoms with Gasteiger partial charge in [-0.2, -0.15) is 0 Å². The molecule has 1 aromatic carbocycles. The van der Waals surface area contributed by atoms with Crippen LogP contribution in [0.25, 0.3) is 6.08 Å². The van der Waals surface area contributed by atoms with Gasteiger partial charge in [-0.15, -0.1) is 0 Å². The Hall–Kier alpha value is -2.71. The van der Waals surface area contributed by atoms with Crippen LogP contribution in [-0.2, 0) is 9.53 Å². The van der Waals surface area contributed by atoms with Crippen molar-refractivity contribution in [2.24, 2.45) is 0 Å². The first kappa shape index (κ1) is 19.6. The number of aromatic nitrogens is 1. The zero-order valence-electron chi connectivity index (χ0n) is 15.9. The average Bonchev–Trinajstić information content (AvgIpc) is 3.21. The molecule has 2 aromatic rings. The molecule has 0 radical (unpaired) electrons. The van der Waals surface area contributed by atoms with E-state index >= 15 is 0 Å². The summed E-state index contributed by atoms with van der Waals surface area (Å²) in [6.07, 6.45) is 3.62. The van der Waals surface area contributed by atoms with Gasteiger partial charge in [0.15, 0.2) is 0 Å². The number of pyridine rings is 1. The zero-order valence-corrected chi connectivity index (χ0v) is 17.5. The number of fused-ring (bicyclic) bond motifs is 1. The van der Waals surface area contributed by atoms with E-state index < -0.39 is 0 Å². The second-order valence-electron chi connectivity index (χ2n) is 6.33. The molecule has 2 aliphatic heterocycles. The number of methoxy groups -OCH3 is 1. The van der Waals surface area contributed by atoms with Gasteiger partial charge < -0.3 is 14.5 Å². The number of anilines is 1. The lowest BCUT2D eigenvalue weighted by atomic mass is 10.3. The first-order valence-electron chi connectivity index (χ1n) is 8.78. The van der Waals surface area contributed by atoms with Crippen LogP contribution < -0.4 is 4.90 Å². The number of thioether (sulfide) groups is 2. The highest BCUT2D eigenvalue weighted by molar-refractivity contribution is 8.09. The van der Waals surface area contributed by atoms with Crippen LogP contribution in [-0.4, -0.2) is 36.6 Å². The van der Waals surface area contributed by atoms with Crippen molar-refractivity contribution in [3.63, 3.8) is 0 Å². The number of rotatable bonds is 3. The lowest BCUT2D eigenvalue weighted by Gasteiger charge is -2.19. The monoisotopic (exact) mass is 427 g/mol. The molecule has 3 heterocycles. The van der Waals surface area contributed by atoms with E-state index in [4.69, 9.17) is 4.74 Å². The maximum atomic E-state index is 14.4. The van der Waals surface area contributed by atoms with Crippen molar-refractivity contribution in [1.29, 1.82) is 0 Å². The van der Waals surface area contributed by atoms with Gasteiger partial charge in [-0.25, -0.2) is 4.39 Å². The number of nitrogens with zero attached hydrogens (tertiary/aromatic N) is 3. The topological polar surface area (TPSA) is 45.7 Å². The Bertz CT molecular complexity index is 1050. The van der Waals surface area contributed by atoms with E-state index in [9.17, 15) is 9.18 Å². The van der Waals surface area contributed by atoms with Gasteiger partial charge in [-0.05, 0) is 30.3 Å². The smallest absolute Gasteiger partial charge is 0.325 e. The second kappa shape index (κ2) is 7.96. The summed E-state index contributed by atoms with van der Waals surface area (Å²) in [6, 6.07) is 10.7. The molecule has 1 fully saturated rings. The standard InChI is InChI=1S/C21H18FN3O2S2/c1-13-20(21-24(2)19-15(22)8-6-9-16(19)28-21)29-17(25(13)12-18(26)27-3)11-14-7-4-5-10-23-14/h4-11H,1,12H2,2-3H3/b17-11-,21-20+. The number of esters is 1. The van der Waals surface area contributed by atoms with Crippen LogP contribution in [0.3, 0.4) is 0 Å². The molecule has 2 aliphatic rings. The highest BCUT2D eigenvalue weighted by atomic mass is 32.2. The molecular formula is C21H18FN3O2S2. The molecule has 0 aliphatic carbocycles. The Balaban J connectivity index is 1.75. The lowest BCUT2D eigenvalue weighted by Crippen LogP contribution is -2.25. The quantitative estimate of drug-likeness (QED) is 0.660. The van der Waals surface area contributed by atoms with E-state index in [1.807, 2.05) is 42.3 Å². The largest absolute Gasteiger partial charge is 0.468 e. The summed E-state index contributed by atoms with van der Waals surface area (Å²) in [5.41, 5.74) is 1.99. The van der Waals surface area contributed by atoms with Gasteiger partial charge in [0, 0.05) is 18.1 Å². The summed E-state index contributed by atoms with van der Waals surface area (Å²) < 4.78 is 19.2. The zero-order chi connectivity index (χ0) is 20.5. The van der Waals surface area contributed by atoms with Crippen molar-refractivity contribution in [3.8, 4) is 0 Å². The number of ether oxygens (including phenoxy) is 1. The second-order valence-corrected chi connectivity index (χ2v) is 8.39. The van der Waals surface area contributed by atoms with Crippen LogP contribution in [0.15, 0.2) is 74.7 Å². The number of carbonyl (C=O) groups is 1. The van der Waals surface area contributed by atoms with Crippen molar-refractivity contribution >= 4 is 41.3 Å². The summed E-state index contributed by atoms with van der Waals surface area (Å²) in [6.45, 7) is 4.24. The maximum absolute atomic E-state index is 14.4. The minimum Gasteiger partial charge on any atom is -0.468 e. The molecule has 8 heteroatoms. The van der Waals surface area contributed by atoms with Crippen molar-refractivity contribution in [2.75, 3.05) is 25.6 Å². The van der Waals surface area contributed by atoms with Crippen LogP contribution >= 0.6 is 23.5 Å². The van der Waals surface area contributed by atoms with E-state index in [1.54, 1.807) is 17.2 Å². The third-order valence-electron chi connectivity index (χ3n) is 4.53. The highest BCUT2D eigenvalue weighted by Crippen LogP contribution is 2.54. The van der Waals surface area contributed by atoms with E-state index in [0.717, 1.165) is 25.6 Å². The fraction of sp³-hybridized carbons (Fsp3) is 0.143. The normalized spacial score (nSPS) is 19.8. The van der Waals surface area contributed by atoms with E-state index in [2.05, 4.69) is 11.6 Å². The van der Waals surface area contributed by atoms with Gasteiger partial charge in [0.05, 0.1) is 39.2 Å². The molecule has 0 unspecified atom stereocenters. The van der Waals surface area contributed by atoms with Crippen molar-refractivity contribution < 1.29 is 13.9 Å². The number of benzene rings is 1. The van der Waals surface area contributed by atoms with Gasteiger partial charge in [-0.1, -0.05) is 42.2 Å². The number of hydrogen-bond acceptors (Lipinski definition) is 7. The molecule has 0 spiro atoms. The summed E-state index contributed by atoms with van der Waals surface area (Å²) in [5, 5.41) is 1.69. The summed E-state index contributed by atoms with van der Waals surface area (Å²) in [5.74, 6) is -0.635. The molecule has 5 nitrogen and oxygen atoms in total. The molecule has 0 saturated carbocycles. The molecule has 1 aromatic heterocycles.